The molecule has 5 heteroatoms. The summed E-state index contributed by atoms with van der Waals surface area (Å²) in [7, 11) is 0. The lowest BCUT2D eigenvalue weighted by Gasteiger charge is -2.29. The molecule has 0 radical (unpaired) electrons. The second-order valence-corrected chi connectivity index (χ2v) is 6.20. The monoisotopic (exact) mass is 339 g/mol. The van der Waals surface area contributed by atoms with Crippen LogP contribution in [0.2, 0.25) is 0 Å². The zero-order valence-electron chi connectivity index (χ0n) is 14.6. The van der Waals surface area contributed by atoms with Crippen molar-refractivity contribution >= 4 is 0 Å². The van der Waals surface area contributed by atoms with E-state index in [0.717, 1.165) is 25.3 Å². The van der Waals surface area contributed by atoms with Gasteiger partial charge in [0.15, 0.2) is 0 Å². The highest BCUT2D eigenvalue weighted by Gasteiger charge is 2.19. The fourth-order valence-electron chi connectivity index (χ4n) is 3.07. The molecule has 25 heavy (non-hydrogen) atoms. The van der Waals surface area contributed by atoms with Crippen molar-refractivity contribution in [1.29, 1.82) is 0 Å². The molecule has 0 spiro atoms. The molecular formula is C20H25N3O2. The van der Waals surface area contributed by atoms with Gasteiger partial charge in [-0.3, -0.25) is 9.58 Å². The van der Waals surface area contributed by atoms with E-state index in [1.165, 1.54) is 11.1 Å². The van der Waals surface area contributed by atoms with Crippen LogP contribution in [0.4, 0.5) is 0 Å². The molecule has 3 rings (SSSR count). The van der Waals surface area contributed by atoms with E-state index < -0.39 is 0 Å². The van der Waals surface area contributed by atoms with Crippen molar-refractivity contribution in [3.63, 3.8) is 0 Å². The Morgan fingerprint density at radius 2 is 1.96 bits per heavy atom. The molecule has 1 aromatic carbocycles. The van der Waals surface area contributed by atoms with Gasteiger partial charge in [0.1, 0.15) is 5.76 Å². The van der Waals surface area contributed by atoms with E-state index in [0.29, 0.717) is 6.54 Å². The van der Waals surface area contributed by atoms with Gasteiger partial charge in [-0.1, -0.05) is 31.2 Å². The predicted molar refractivity (Wildman–Crippen MR) is 96.9 cm³/mol. The van der Waals surface area contributed by atoms with E-state index in [1.54, 1.807) is 12.5 Å². The van der Waals surface area contributed by atoms with Gasteiger partial charge < -0.3 is 9.52 Å². The van der Waals surface area contributed by atoms with Crippen molar-refractivity contribution in [2.45, 2.75) is 39.0 Å². The summed E-state index contributed by atoms with van der Waals surface area (Å²) in [6, 6.07) is 14.3. The molecule has 3 aromatic rings. The van der Waals surface area contributed by atoms with Gasteiger partial charge in [0.25, 0.3) is 0 Å². The molecule has 132 valence electrons. The number of aliphatic hydroxyl groups is 1. The summed E-state index contributed by atoms with van der Waals surface area (Å²) in [6.45, 7) is 4.43. The average Bonchev–Trinajstić information content (AvgIpc) is 3.31. The fourth-order valence-corrected chi connectivity index (χ4v) is 3.07. The molecule has 0 unspecified atom stereocenters. The SMILES string of the molecule is CC[C@@H](CO)N(Cc1ccco1)Cc1ccccc1Cn1cccn1. The Balaban J connectivity index is 1.81. The van der Waals surface area contributed by atoms with E-state index in [1.807, 2.05) is 29.1 Å². The van der Waals surface area contributed by atoms with Crippen molar-refractivity contribution in [3.8, 4) is 0 Å². The number of furan rings is 1. The quantitative estimate of drug-likeness (QED) is 0.650. The summed E-state index contributed by atoms with van der Waals surface area (Å²) in [5.74, 6) is 0.913. The molecular weight excluding hydrogens is 314 g/mol. The molecule has 0 bridgehead atoms. The second kappa shape index (κ2) is 8.65. The molecule has 0 aliphatic heterocycles. The van der Waals surface area contributed by atoms with Crippen LogP contribution in [0.25, 0.3) is 0 Å². The molecule has 5 nitrogen and oxygen atoms in total. The van der Waals surface area contributed by atoms with Crippen molar-refractivity contribution in [2.75, 3.05) is 6.61 Å². The van der Waals surface area contributed by atoms with Crippen LogP contribution in [0.15, 0.2) is 65.5 Å². The molecule has 2 heterocycles. The summed E-state index contributed by atoms with van der Waals surface area (Å²) in [4.78, 5) is 2.28. The van der Waals surface area contributed by atoms with Crippen LogP contribution in [-0.2, 0) is 19.6 Å². The van der Waals surface area contributed by atoms with Crippen LogP contribution in [0.5, 0.6) is 0 Å². The molecule has 0 aliphatic carbocycles. The van der Waals surface area contributed by atoms with Gasteiger partial charge in [-0.2, -0.15) is 5.10 Å². The lowest BCUT2D eigenvalue weighted by Crippen LogP contribution is -2.36. The van der Waals surface area contributed by atoms with Crippen molar-refractivity contribution in [2.24, 2.45) is 0 Å². The molecule has 1 atom stereocenters. The van der Waals surface area contributed by atoms with Crippen LogP contribution >= 0.6 is 0 Å². The zero-order chi connectivity index (χ0) is 17.5. The molecule has 0 saturated heterocycles. The summed E-state index contributed by atoms with van der Waals surface area (Å²) in [5.41, 5.74) is 2.49. The number of aliphatic hydroxyl groups excluding tert-OH is 1. The highest BCUT2D eigenvalue weighted by atomic mass is 16.3. The van der Waals surface area contributed by atoms with E-state index >= 15 is 0 Å². The topological polar surface area (TPSA) is 54.4 Å². The molecule has 0 amide bonds. The fraction of sp³-hybridized carbons (Fsp3) is 0.350. The van der Waals surface area contributed by atoms with E-state index in [-0.39, 0.29) is 12.6 Å². The normalized spacial score (nSPS) is 12.6. The minimum Gasteiger partial charge on any atom is -0.468 e. The van der Waals surface area contributed by atoms with Crippen LogP contribution in [-0.4, -0.2) is 32.4 Å². The van der Waals surface area contributed by atoms with Gasteiger partial charge in [-0.25, -0.2) is 0 Å². The smallest absolute Gasteiger partial charge is 0.117 e. The van der Waals surface area contributed by atoms with Crippen LogP contribution < -0.4 is 0 Å². The first-order chi connectivity index (χ1) is 12.3. The van der Waals surface area contributed by atoms with Crippen LogP contribution in [0.1, 0.15) is 30.2 Å². The van der Waals surface area contributed by atoms with Gasteiger partial charge in [-0.15, -0.1) is 0 Å². The number of hydrogen-bond acceptors (Lipinski definition) is 4. The third-order valence-electron chi connectivity index (χ3n) is 4.52. The third-order valence-corrected chi connectivity index (χ3v) is 4.52. The van der Waals surface area contributed by atoms with Crippen LogP contribution in [0, 0.1) is 0 Å². The minimum absolute atomic E-state index is 0.0999. The maximum Gasteiger partial charge on any atom is 0.117 e. The predicted octanol–water partition coefficient (Wildman–Crippen LogP) is 3.30. The van der Waals surface area contributed by atoms with Gasteiger partial charge >= 0.3 is 0 Å². The number of nitrogens with zero attached hydrogens (tertiary/aromatic N) is 3. The highest BCUT2D eigenvalue weighted by molar-refractivity contribution is 5.27. The van der Waals surface area contributed by atoms with Crippen molar-refractivity contribution < 1.29 is 9.52 Å². The summed E-state index contributed by atoms with van der Waals surface area (Å²) >= 11 is 0. The summed E-state index contributed by atoms with van der Waals surface area (Å²) in [5, 5.41) is 14.1. The van der Waals surface area contributed by atoms with E-state index in [2.05, 4.69) is 41.2 Å². The third kappa shape index (κ3) is 4.59. The lowest BCUT2D eigenvalue weighted by molar-refractivity contribution is 0.0996. The Hall–Kier alpha value is -2.37. The average molecular weight is 339 g/mol. The maximum atomic E-state index is 9.79. The number of benzene rings is 1. The molecule has 0 aliphatic rings. The zero-order valence-corrected chi connectivity index (χ0v) is 14.6. The van der Waals surface area contributed by atoms with Gasteiger partial charge in [0.05, 0.1) is 26.0 Å². The number of aromatic nitrogens is 2. The first-order valence-corrected chi connectivity index (χ1v) is 8.71. The van der Waals surface area contributed by atoms with Crippen LogP contribution in [0.3, 0.4) is 0 Å². The Morgan fingerprint density at radius 1 is 1.12 bits per heavy atom. The molecule has 0 saturated carbocycles. The Morgan fingerprint density at radius 3 is 2.60 bits per heavy atom. The van der Waals surface area contributed by atoms with Gasteiger partial charge in [0, 0.05) is 25.0 Å². The standard InChI is InChI=1S/C20H25N3O2/c1-2-19(16-24)22(15-20-9-5-12-25-20)13-17-7-3-4-8-18(17)14-23-11-6-10-21-23/h3-12,19,24H,2,13-16H2,1H3/t19-/m0/s1. The largest absolute Gasteiger partial charge is 0.468 e. The summed E-state index contributed by atoms with van der Waals surface area (Å²) < 4.78 is 7.45. The van der Waals surface area contributed by atoms with E-state index in [4.69, 9.17) is 4.42 Å². The summed E-state index contributed by atoms with van der Waals surface area (Å²) in [6.07, 6.45) is 6.35. The molecule has 2 aromatic heterocycles. The van der Waals surface area contributed by atoms with Gasteiger partial charge in [0.2, 0.25) is 0 Å². The molecule has 1 N–H and O–H groups in total. The second-order valence-electron chi connectivity index (χ2n) is 6.20. The lowest BCUT2D eigenvalue weighted by atomic mass is 10.1. The minimum atomic E-state index is 0.0999. The first-order valence-electron chi connectivity index (χ1n) is 8.71. The highest BCUT2D eigenvalue weighted by Crippen LogP contribution is 2.19. The number of rotatable bonds is 9. The van der Waals surface area contributed by atoms with Gasteiger partial charge in [-0.05, 0) is 35.7 Å². The van der Waals surface area contributed by atoms with Crippen molar-refractivity contribution in [1.82, 2.24) is 14.7 Å². The van der Waals surface area contributed by atoms with Crippen molar-refractivity contribution in [3.05, 3.63) is 78.0 Å². The first kappa shape index (κ1) is 17.5. The maximum absolute atomic E-state index is 9.79. The van der Waals surface area contributed by atoms with E-state index in [9.17, 15) is 5.11 Å². The Labute approximate surface area is 148 Å². The molecule has 0 fully saturated rings. The Bertz CT molecular complexity index is 734. The Kier molecular flexibility index (Phi) is 6.04. The number of hydrogen-bond donors (Lipinski definition) is 1.